The Hall–Kier alpha value is -1.35. The van der Waals surface area contributed by atoms with E-state index in [2.05, 4.69) is 31.9 Å². The summed E-state index contributed by atoms with van der Waals surface area (Å²) in [4.78, 5) is 10.3. The summed E-state index contributed by atoms with van der Waals surface area (Å²) < 4.78 is 50.3. The van der Waals surface area contributed by atoms with E-state index in [1.165, 1.54) is 12.1 Å². The summed E-state index contributed by atoms with van der Waals surface area (Å²) in [6.07, 6.45) is 0. The SMILES string of the molecule is Fc1cc(F)cc(Br)c1.O=C(O)c1c(F)cc(Br)cc1F.[B]. The van der Waals surface area contributed by atoms with Gasteiger partial charge < -0.3 is 5.11 Å². The lowest BCUT2D eigenvalue weighted by atomic mass is 10.2. The van der Waals surface area contributed by atoms with E-state index >= 15 is 0 Å². The van der Waals surface area contributed by atoms with Crippen molar-refractivity contribution >= 4 is 46.2 Å². The van der Waals surface area contributed by atoms with Crippen LogP contribution in [-0.4, -0.2) is 19.5 Å². The summed E-state index contributed by atoms with van der Waals surface area (Å²) in [5, 5.41) is 8.34. The van der Waals surface area contributed by atoms with Crippen LogP contribution < -0.4 is 0 Å². The molecule has 0 unspecified atom stereocenters. The predicted molar refractivity (Wildman–Crippen MR) is 80.8 cm³/mol. The fraction of sp³-hybridized carbons (Fsp3) is 0. The van der Waals surface area contributed by atoms with Crippen LogP contribution in [0.3, 0.4) is 0 Å². The van der Waals surface area contributed by atoms with E-state index in [0.29, 0.717) is 4.47 Å². The molecule has 0 aliphatic carbocycles. The standard InChI is InChI=1S/C7H3BrF2O2.C6H3BrF2.B/c8-3-1-4(9)6(7(11)12)5(10)2-3;7-4-1-5(8)3-6(9)2-4;/h1-2H,(H,11,12);1-3H;. The van der Waals surface area contributed by atoms with Crippen molar-refractivity contribution in [3.8, 4) is 0 Å². The molecular formula is C13H6BBr2F4O2. The van der Waals surface area contributed by atoms with Gasteiger partial charge in [-0.3, -0.25) is 0 Å². The molecule has 0 saturated heterocycles. The maximum Gasteiger partial charge on any atom is 0.341 e. The van der Waals surface area contributed by atoms with Crippen LogP contribution in [0.2, 0.25) is 0 Å². The quantitative estimate of drug-likeness (QED) is 0.512. The second kappa shape index (κ2) is 8.94. The molecular weight excluding hydrogens is 435 g/mol. The van der Waals surface area contributed by atoms with Gasteiger partial charge in [-0.15, -0.1) is 0 Å². The van der Waals surface area contributed by atoms with E-state index in [0.717, 1.165) is 18.2 Å². The molecule has 2 aromatic rings. The number of halogens is 6. The highest BCUT2D eigenvalue weighted by molar-refractivity contribution is 9.10. The third-order valence-electron chi connectivity index (χ3n) is 2.05. The van der Waals surface area contributed by atoms with Gasteiger partial charge in [-0.1, -0.05) is 31.9 Å². The van der Waals surface area contributed by atoms with Crippen LogP contribution in [0.1, 0.15) is 10.4 Å². The molecule has 0 aliphatic heterocycles. The maximum absolute atomic E-state index is 12.7. The first-order chi connectivity index (χ1) is 9.70. The Labute approximate surface area is 142 Å². The van der Waals surface area contributed by atoms with Crippen LogP contribution in [0.5, 0.6) is 0 Å². The van der Waals surface area contributed by atoms with Crippen molar-refractivity contribution in [3.63, 3.8) is 0 Å². The van der Waals surface area contributed by atoms with Gasteiger partial charge in [0.15, 0.2) is 0 Å². The van der Waals surface area contributed by atoms with Crippen LogP contribution in [0.15, 0.2) is 39.3 Å². The molecule has 0 aliphatic rings. The second-order valence-corrected chi connectivity index (χ2v) is 5.47. The molecule has 0 fully saturated rings. The van der Waals surface area contributed by atoms with Crippen LogP contribution >= 0.6 is 31.9 Å². The minimum atomic E-state index is -1.61. The number of aromatic carboxylic acids is 1. The number of hydrogen-bond donors (Lipinski definition) is 1. The van der Waals surface area contributed by atoms with Crippen molar-refractivity contribution in [1.82, 2.24) is 0 Å². The minimum Gasteiger partial charge on any atom is -0.477 e. The molecule has 115 valence electrons. The summed E-state index contributed by atoms with van der Waals surface area (Å²) in [6, 6.07) is 5.01. The van der Waals surface area contributed by atoms with Crippen molar-refractivity contribution in [2.75, 3.05) is 0 Å². The largest absolute Gasteiger partial charge is 0.477 e. The summed E-state index contributed by atoms with van der Waals surface area (Å²) in [5.74, 6) is -4.93. The molecule has 3 radical (unpaired) electrons. The monoisotopic (exact) mass is 439 g/mol. The van der Waals surface area contributed by atoms with Gasteiger partial charge in [0.1, 0.15) is 28.8 Å². The van der Waals surface area contributed by atoms with Gasteiger partial charge in [-0.05, 0) is 24.3 Å². The number of benzene rings is 2. The molecule has 9 heteroatoms. The number of carboxylic acid groups (broad SMARTS) is 1. The third-order valence-corrected chi connectivity index (χ3v) is 2.96. The lowest BCUT2D eigenvalue weighted by molar-refractivity contribution is 0.0686. The van der Waals surface area contributed by atoms with Crippen molar-refractivity contribution in [1.29, 1.82) is 0 Å². The van der Waals surface area contributed by atoms with Gasteiger partial charge in [-0.2, -0.15) is 0 Å². The Morgan fingerprint density at radius 3 is 1.50 bits per heavy atom. The maximum atomic E-state index is 12.7. The van der Waals surface area contributed by atoms with E-state index in [9.17, 15) is 22.4 Å². The van der Waals surface area contributed by atoms with E-state index in [1.807, 2.05) is 0 Å². The molecule has 0 spiro atoms. The molecule has 0 atom stereocenters. The van der Waals surface area contributed by atoms with E-state index in [-0.39, 0.29) is 12.9 Å². The third kappa shape index (κ3) is 6.19. The first-order valence-corrected chi connectivity index (χ1v) is 6.78. The van der Waals surface area contributed by atoms with E-state index < -0.39 is 34.8 Å². The molecule has 1 N–H and O–H groups in total. The molecule has 0 heterocycles. The van der Waals surface area contributed by atoms with Crippen LogP contribution in [0, 0.1) is 23.3 Å². The zero-order valence-corrected chi connectivity index (χ0v) is 13.8. The van der Waals surface area contributed by atoms with Crippen LogP contribution in [0.4, 0.5) is 17.6 Å². The fourth-order valence-corrected chi connectivity index (χ4v) is 2.11. The molecule has 0 amide bonds. The van der Waals surface area contributed by atoms with Gasteiger partial charge in [0.05, 0.1) is 0 Å². The smallest absolute Gasteiger partial charge is 0.341 e. The minimum absolute atomic E-state index is 0. The van der Waals surface area contributed by atoms with Gasteiger partial charge >= 0.3 is 5.97 Å². The first kappa shape index (κ1) is 20.7. The average molecular weight is 441 g/mol. The molecule has 2 aromatic carbocycles. The lowest BCUT2D eigenvalue weighted by Gasteiger charge is -1.99. The average Bonchev–Trinajstić information content (AvgIpc) is 2.24. The molecule has 2 nitrogen and oxygen atoms in total. The number of rotatable bonds is 1. The van der Waals surface area contributed by atoms with Gasteiger partial charge in [0, 0.05) is 23.4 Å². The normalized spacial score (nSPS) is 9.36. The second-order valence-electron chi connectivity index (χ2n) is 3.64. The molecule has 22 heavy (non-hydrogen) atoms. The van der Waals surface area contributed by atoms with Crippen LogP contribution in [0.25, 0.3) is 0 Å². The van der Waals surface area contributed by atoms with Gasteiger partial charge in [0.2, 0.25) is 0 Å². The molecule has 2 rings (SSSR count). The summed E-state index contributed by atoms with van der Waals surface area (Å²) in [6.45, 7) is 0. The van der Waals surface area contributed by atoms with Gasteiger partial charge in [0.25, 0.3) is 0 Å². The number of hydrogen-bond acceptors (Lipinski definition) is 1. The van der Waals surface area contributed by atoms with Crippen molar-refractivity contribution in [2.45, 2.75) is 0 Å². The Balaban J connectivity index is 0.000000397. The summed E-state index contributed by atoms with van der Waals surface area (Å²) >= 11 is 5.76. The fourth-order valence-electron chi connectivity index (χ4n) is 1.27. The van der Waals surface area contributed by atoms with E-state index in [4.69, 9.17) is 5.11 Å². The van der Waals surface area contributed by atoms with E-state index in [1.54, 1.807) is 0 Å². The zero-order valence-electron chi connectivity index (χ0n) is 10.6. The Morgan fingerprint density at radius 2 is 1.18 bits per heavy atom. The highest BCUT2D eigenvalue weighted by atomic mass is 79.9. The molecule has 0 bridgehead atoms. The van der Waals surface area contributed by atoms with Crippen molar-refractivity contribution < 1.29 is 27.5 Å². The van der Waals surface area contributed by atoms with Crippen LogP contribution in [-0.2, 0) is 0 Å². The predicted octanol–water partition coefficient (Wildman–Crippen LogP) is 4.77. The number of carbonyl (C=O) groups is 1. The van der Waals surface area contributed by atoms with Crippen molar-refractivity contribution in [3.05, 3.63) is 68.1 Å². The highest BCUT2D eigenvalue weighted by Crippen LogP contribution is 2.19. The summed E-state index contributed by atoms with van der Waals surface area (Å²) in [5.41, 5.74) is -0.932. The first-order valence-electron chi connectivity index (χ1n) is 5.20. The topological polar surface area (TPSA) is 37.3 Å². The Bertz CT molecular complexity index is 610. The highest BCUT2D eigenvalue weighted by Gasteiger charge is 2.16. The lowest BCUT2D eigenvalue weighted by Crippen LogP contribution is -2.04. The zero-order chi connectivity index (χ0) is 16.2. The molecule has 0 saturated carbocycles. The summed E-state index contributed by atoms with van der Waals surface area (Å²) in [7, 11) is 0. The van der Waals surface area contributed by atoms with Gasteiger partial charge in [-0.25, -0.2) is 22.4 Å². The molecule has 0 aromatic heterocycles. The Morgan fingerprint density at radius 1 is 0.818 bits per heavy atom. The number of carboxylic acids is 1. The Kier molecular flexibility index (Phi) is 8.40. The van der Waals surface area contributed by atoms with Crippen molar-refractivity contribution in [2.24, 2.45) is 0 Å².